The molecule has 0 amide bonds. The van der Waals surface area contributed by atoms with E-state index in [0.717, 1.165) is 0 Å². The number of benzene rings is 2. The van der Waals surface area contributed by atoms with E-state index in [9.17, 15) is 20.0 Å². The number of rotatable bonds is 5. The van der Waals surface area contributed by atoms with Crippen LogP contribution in [0.1, 0.15) is 15.9 Å². The van der Waals surface area contributed by atoms with Gasteiger partial charge in [-0.05, 0) is 18.2 Å². The van der Waals surface area contributed by atoms with E-state index in [2.05, 4.69) is 9.84 Å². The molecule has 2 aromatic carbocycles. The maximum atomic E-state index is 11.6. The fourth-order valence-corrected chi connectivity index (χ4v) is 2.66. The van der Waals surface area contributed by atoms with Crippen molar-refractivity contribution >= 4 is 22.6 Å². The molecule has 134 valence electrons. The Morgan fingerprint density at radius 3 is 2.69 bits per heavy atom. The summed E-state index contributed by atoms with van der Waals surface area (Å²) >= 11 is 0. The average Bonchev–Trinajstić information content (AvgIpc) is 2.96. The van der Waals surface area contributed by atoms with E-state index in [4.69, 9.17) is 4.74 Å². The smallest absolute Gasteiger partial charge is 0.337 e. The van der Waals surface area contributed by atoms with E-state index in [0.29, 0.717) is 27.8 Å². The highest BCUT2D eigenvalue weighted by Crippen LogP contribution is 2.29. The van der Waals surface area contributed by atoms with Gasteiger partial charge in [0, 0.05) is 17.7 Å². The molecule has 0 bridgehead atoms. The van der Waals surface area contributed by atoms with Crippen LogP contribution >= 0.6 is 0 Å². The van der Waals surface area contributed by atoms with Crippen molar-refractivity contribution in [3.8, 4) is 11.6 Å². The molecule has 0 aliphatic rings. The first-order chi connectivity index (χ1) is 12.4. The molecule has 0 atom stereocenters. The Kier molecular flexibility index (Phi) is 4.44. The van der Waals surface area contributed by atoms with Gasteiger partial charge in [-0.15, -0.1) is 5.10 Å². The zero-order valence-electron chi connectivity index (χ0n) is 14.0. The number of hydrogen-bond donors (Lipinski definition) is 1. The number of carbonyl (C=O) groups excluding carboxylic acids is 1. The number of methoxy groups -OCH3 is 2. The molecule has 0 radical (unpaired) electrons. The third-order valence-electron chi connectivity index (χ3n) is 3.95. The molecule has 1 N–H and O–H groups in total. The van der Waals surface area contributed by atoms with Gasteiger partial charge < -0.3 is 14.6 Å². The van der Waals surface area contributed by atoms with Gasteiger partial charge in [-0.25, -0.2) is 4.79 Å². The van der Waals surface area contributed by atoms with E-state index in [1.165, 1.54) is 43.2 Å². The molecule has 3 aromatic rings. The predicted octanol–water partition coefficient (Wildman–Crippen LogP) is 2.49. The Morgan fingerprint density at radius 2 is 2.04 bits per heavy atom. The Hall–Kier alpha value is -3.62. The number of fused-ring (bicyclic) bond motifs is 1. The molecule has 26 heavy (non-hydrogen) atoms. The summed E-state index contributed by atoms with van der Waals surface area (Å²) in [6.07, 6.45) is 0. The van der Waals surface area contributed by atoms with Crippen molar-refractivity contribution in [3.05, 3.63) is 57.6 Å². The van der Waals surface area contributed by atoms with Crippen molar-refractivity contribution in [2.75, 3.05) is 14.2 Å². The lowest BCUT2D eigenvalue weighted by molar-refractivity contribution is -0.384. The van der Waals surface area contributed by atoms with Crippen LogP contribution < -0.4 is 4.74 Å². The van der Waals surface area contributed by atoms with Crippen molar-refractivity contribution in [1.29, 1.82) is 0 Å². The van der Waals surface area contributed by atoms with Gasteiger partial charge in [-0.3, -0.25) is 14.8 Å². The zero-order valence-corrected chi connectivity index (χ0v) is 14.0. The quantitative estimate of drug-likeness (QED) is 0.423. The van der Waals surface area contributed by atoms with Crippen LogP contribution in [0, 0.1) is 10.1 Å². The second-order valence-corrected chi connectivity index (χ2v) is 5.46. The highest BCUT2D eigenvalue weighted by atomic mass is 16.6. The highest BCUT2D eigenvalue weighted by molar-refractivity contribution is 5.90. The topological polar surface area (TPSA) is 117 Å². The number of carbonyl (C=O) groups is 1. The molecule has 1 heterocycles. The van der Waals surface area contributed by atoms with Crippen LogP contribution in [0.25, 0.3) is 10.9 Å². The summed E-state index contributed by atoms with van der Waals surface area (Å²) in [5.74, 6) is -0.283. The number of aromatic nitrogens is 2. The lowest BCUT2D eigenvalue weighted by Crippen LogP contribution is -2.06. The lowest BCUT2D eigenvalue weighted by Gasteiger charge is -2.11. The van der Waals surface area contributed by atoms with Gasteiger partial charge >= 0.3 is 5.97 Å². The molecule has 3 rings (SSSR count). The molecule has 0 spiro atoms. The van der Waals surface area contributed by atoms with E-state index < -0.39 is 10.9 Å². The molecule has 0 saturated heterocycles. The Morgan fingerprint density at radius 1 is 1.27 bits per heavy atom. The first-order valence-electron chi connectivity index (χ1n) is 7.53. The predicted molar refractivity (Wildman–Crippen MR) is 91.5 cm³/mol. The van der Waals surface area contributed by atoms with E-state index in [1.807, 2.05) is 0 Å². The second kappa shape index (κ2) is 6.71. The number of nitro groups is 1. The highest BCUT2D eigenvalue weighted by Gasteiger charge is 2.17. The number of ether oxygens (including phenoxy) is 2. The minimum Gasteiger partial charge on any atom is -0.496 e. The van der Waals surface area contributed by atoms with Crippen LogP contribution in [0.3, 0.4) is 0 Å². The Labute approximate surface area is 147 Å². The summed E-state index contributed by atoms with van der Waals surface area (Å²) in [5, 5.41) is 25.4. The molecule has 0 fully saturated rings. The van der Waals surface area contributed by atoms with Gasteiger partial charge in [0.1, 0.15) is 5.75 Å². The van der Waals surface area contributed by atoms with Crippen LogP contribution in [0.2, 0.25) is 0 Å². The third kappa shape index (κ3) is 3.02. The van der Waals surface area contributed by atoms with Gasteiger partial charge in [-0.2, -0.15) is 0 Å². The number of aromatic hydroxyl groups is 1. The second-order valence-electron chi connectivity index (χ2n) is 5.46. The molecule has 0 aliphatic heterocycles. The van der Waals surface area contributed by atoms with E-state index in [1.54, 1.807) is 12.1 Å². The van der Waals surface area contributed by atoms with Gasteiger partial charge in [0.15, 0.2) is 0 Å². The minimum absolute atomic E-state index is 0.105. The van der Waals surface area contributed by atoms with Crippen molar-refractivity contribution in [2.45, 2.75) is 6.54 Å². The first kappa shape index (κ1) is 17.2. The van der Waals surface area contributed by atoms with Crippen LogP contribution in [0.5, 0.6) is 11.6 Å². The van der Waals surface area contributed by atoms with Crippen molar-refractivity contribution in [3.63, 3.8) is 0 Å². The monoisotopic (exact) mass is 357 g/mol. The van der Waals surface area contributed by atoms with Crippen LogP contribution in [0.4, 0.5) is 5.69 Å². The number of nitro benzene ring substituents is 1. The van der Waals surface area contributed by atoms with Gasteiger partial charge in [0.2, 0.25) is 5.88 Å². The Balaban J connectivity index is 2.04. The standard InChI is InChI=1S/C17H15N3O6/c1-25-15-7-10(17(22)26-2)3-4-11(15)9-19-14-8-12(20(23)24)5-6-13(14)16(21)18-19/h3-8H,9H2,1-2H3,(H,18,21). The summed E-state index contributed by atoms with van der Waals surface area (Å²) in [4.78, 5) is 22.1. The molecular weight excluding hydrogens is 342 g/mol. The summed E-state index contributed by atoms with van der Waals surface area (Å²) in [5.41, 5.74) is 1.32. The molecule has 0 unspecified atom stereocenters. The van der Waals surface area contributed by atoms with Crippen LogP contribution in [0.15, 0.2) is 36.4 Å². The Bertz CT molecular complexity index is 1010. The van der Waals surface area contributed by atoms with Gasteiger partial charge in [-0.1, -0.05) is 6.07 Å². The maximum Gasteiger partial charge on any atom is 0.337 e. The molecule has 0 aliphatic carbocycles. The first-order valence-corrected chi connectivity index (χ1v) is 7.53. The average molecular weight is 357 g/mol. The van der Waals surface area contributed by atoms with Gasteiger partial charge in [0.05, 0.1) is 42.2 Å². The molecular formula is C17H15N3O6. The van der Waals surface area contributed by atoms with E-state index in [-0.39, 0.29) is 18.1 Å². The van der Waals surface area contributed by atoms with Gasteiger partial charge in [0.25, 0.3) is 5.69 Å². The lowest BCUT2D eigenvalue weighted by atomic mass is 10.1. The number of nitrogens with zero attached hydrogens (tertiary/aromatic N) is 3. The zero-order chi connectivity index (χ0) is 18.8. The van der Waals surface area contributed by atoms with Crippen molar-refractivity contribution in [1.82, 2.24) is 9.78 Å². The summed E-state index contributed by atoms with van der Waals surface area (Å²) < 4.78 is 11.4. The number of esters is 1. The minimum atomic E-state index is -0.514. The normalized spacial score (nSPS) is 10.7. The van der Waals surface area contributed by atoms with Crippen molar-refractivity contribution < 1.29 is 24.3 Å². The fraction of sp³-hybridized carbons (Fsp3) is 0.176. The maximum absolute atomic E-state index is 11.6. The van der Waals surface area contributed by atoms with Crippen LogP contribution in [-0.2, 0) is 11.3 Å². The fourth-order valence-electron chi connectivity index (χ4n) is 2.66. The molecule has 9 heteroatoms. The SMILES string of the molecule is COC(=O)c1ccc(Cn2nc(O)c3ccc([N+](=O)[O-])cc32)c(OC)c1. The van der Waals surface area contributed by atoms with Crippen molar-refractivity contribution in [2.24, 2.45) is 0 Å². The molecule has 9 nitrogen and oxygen atoms in total. The summed E-state index contributed by atoms with van der Waals surface area (Å²) in [7, 11) is 2.75. The largest absolute Gasteiger partial charge is 0.496 e. The number of non-ortho nitro benzene ring substituents is 1. The third-order valence-corrected chi connectivity index (χ3v) is 3.95. The van der Waals surface area contributed by atoms with Crippen LogP contribution in [-0.4, -0.2) is 40.0 Å². The number of hydrogen-bond acceptors (Lipinski definition) is 7. The summed E-state index contributed by atoms with van der Waals surface area (Å²) in [6, 6.07) is 8.89. The summed E-state index contributed by atoms with van der Waals surface area (Å²) in [6.45, 7) is 0.183. The molecule has 0 saturated carbocycles. The molecule has 1 aromatic heterocycles. The van der Waals surface area contributed by atoms with E-state index >= 15 is 0 Å².